The molecule has 7 aliphatic rings. The van der Waals surface area contributed by atoms with Gasteiger partial charge in [0.2, 0.25) is 0 Å². The predicted octanol–water partition coefficient (Wildman–Crippen LogP) is 11.8. The first-order valence-electron chi connectivity index (χ1n) is 19.7. The molecule has 7 aliphatic carbocycles. The summed E-state index contributed by atoms with van der Waals surface area (Å²) in [6.45, 7) is 0. The average molecular weight is 725 g/mol. The first-order chi connectivity index (χ1) is 28.0. The molecule has 0 spiro atoms. The SMILES string of the molecule is N#Cc1cc(N)cc(-c2c3c(c(-c4cc(C#N)cc(C#N)c4)c4cc5c(cc24)C2=CC=CC4c6ccccc6C=C5C24)C2=CC=CC4C5=C(C=C3C24)CCC=C5)c1. The molecule has 0 aliphatic heterocycles. The largest absolute Gasteiger partial charge is 0.399 e. The molecular formula is C53H32N4. The third-order valence-corrected chi connectivity index (χ3v) is 13.3. The quantitative estimate of drug-likeness (QED) is 0.183. The predicted molar refractivity (Wildman–Crippen MR) is 229 cm³/mol. The molecule has 5 aromatic rings. The summed E-state index contributed by atoms with van der Waals surface area (Å²) in [5, 5.41) is 33.0. The van der Waals surface area contributed by atoms with E-state index in [1.165, 1.54) is 55.7 Å². The summed E-state index contributed by atoms with van der Waals surface area (Å²) < 4.78 is 0. The third-order valence-electron chi connectivity index (χ3n) is 13.3. The van der Waals surface area contributed by atoms with Gasteiger partial charge in [-0.3, -0.25) is 0 Å². The van der Waals surface area contributed by atoms with Crippen LogP contribution in [0.4, 0.5) is 5.69 Å². The molecule has 264 valence electrons. The number of benzene rings is 5. The lowest BCUT2D eigenvalue weighted by Crippen LogP contribution is -2.21. The van der Waals surface area contributed by atoms with Gasteiger partial charge in [-0.2, -0.15) is 15.8 Å². The molecule has 12 rings (SSSR count). The van der Waals surface area contributed by atoms with Crippen LogP contribution in [0.5, 0.6) is 0 Å². The number of nitrogens with zero attached hydrogens (tertiary/aromatic N) is 3. The number of rotatable bonds is 2. The van der Waals surface area contributed by atoms with Crippen molar-refractivity contribution < 1.29 is 0 Å². The zero-order valence-corrected chi connectivity index (χ0v) is 30.8. The number of fused-ring (bicyclic) bond motifs is 10. The van der Waals surface area contributed by atoms with Gasteiger partial charge >= 0.3 is 0 Å². The molecule has 57 heavy (non-hydrogen) atoms. The second kappa shape index (κ2) is 11.5. The molecule has 0 fully saturated rings. The lowest BCUT2D eigenvalue weighted by molar-refractivity contribution is 0.660. The highest BCUT2D eigenvalue weighted by Gasteiger charge is 2.46. The minimum Gasteiger partial charge on any atom is -0.399 e. The molecule has 5 aromatic carbocycles. The van der Waals surface area contributed by atoms with Gasteiger partial charge in [0.25, 0.3) is 0 Å². The van der Waals surface area contributed by atoms with Crippen LogP contribution in [-0.2, 0) is 0 Å². The van der Waals surface area contributed by atoms with E-state index in [-0.39, 0.29) is 23.7 Å². The van der Waals surface area contributed by atoms with Gasteiger partial charge in [0.1, 0.15) is 0 Å². The molecule has 0 saturated carbocycles. The van der Waals surface area contributed by atoms with Crippen molar-refractivity contribution in [1.82, 2.24) is 0 Å². The van der Waals surface area contributed by atoms with Crippen LogP contribution in [0.15, 0.2) is 139 Å². The molecular weight excluding hydrogens is 693 g/mol. The van der Waals surface area contributed by atoms with Crippen LogP contribution in [0.2, 0.25) is 0 Å². The zero-order chi connectivity index (χ0) is 38.1. The van der Waals surface area contributed by atoms with Crippen molar-refractivity contribution in [1.29, 1.82) is 15.8 Å². The van der Waals surface area contributed by atoms with Crippen LogP contribution < -0.4 is 5.73 Å². The molecule has 4 atom stereocenters. The minimum absolute atomic E-state index is 0.0904. The number of hydrogen-bond donors (Lipinski definition) is 1. The molecule has 2 N–H and O–H groups in total. The van der Waals surface area contributed by atoms with E-state index in [2.05, 4.69) is 115 Å². The summed E-state index contributed by atoms with van der Waals surface area (Å²) in [6.07, 6.45) is 25.2. The fourth-order valence-corrected chi connectivity index (χ4v) is 11.2. The average Bonchev–Trinajstić information content (AvgIpc) is 3.74. The Bertz CT molecular complexity index is 3150. The summed E-state index contributed by atoms with van der Waals surface area (Å²) in [7, 11) is 0. The maximum atomic E-state index is 10.3. The highest BCUT2D eigenvalue weighted by atomic mass is 14.5. The van der Waals surface area contributed by atoms with Crippen molar-refractivity contribution in [3.8, 4) is 40.5 Å². The van der Waals surface area contributed by atoms with Crippen LogP contribution in [0.25, 0.3) is 61.4 Å². The first kappa shape index (κ1) is 31.9. The van der Waals surface area contributed by atoms with E-state index in [1.54, 1.807) is 12.1 Å². The Morgan fingerprint density at radius 2 is 1.23 bits per heavy atom. The van der Waals surface area contributed by atoms with Gasteiger partial charge < -0.3 is 5.73 Å². The molecule has 0 saturated heterocycles. The second-order valence-electron chi connectivity index (χ2n) is 16.2. The van der Waals surface area contributed by atoms with E-state index in [1.807, 2.05) is 24.3 Å². The highest BCUT2D eigenvalue weighted by molar-refractivity contribution is 6.21. The third kappa shape index (κ3) is 4.29. The van der Waals surface area contributed by atoms with E-state index in [0.29, 0.717) is 22.4 Å². The number of nitrogen functional groups attached to an aromatic ring is 1. The number of allylic oxidation sites excluding steroid dienone is 15. The first-order valence-corrected chi connectivity index (χ1v) is 19.7. The van der Waals surface area contributed by atoms with E-state index in [4.69, 9.17) is 5.73 Å². The van der Waals surface area contributed by atoms with Crippen molar-refractivity contribution in [3.63, 3.8) is 0 Å². The Kier molecular flexibility index (Phi) is 6.45. The van der Waals surface area contributed by atoms with Crippen LogP contribution in [-0.4, -0.2) is 0 Å². The van der Waals surface area contributed by atoms with Gasteiger partial charge in [-0.25, -0.2) is 0 Å². The van der Waals surface area contributed by atoms with E-state index in [9.17, 15) is 15.8 Å². The van der Waals surface area contributed by atoms with Gasteiger partial charge in [0, 0.05) is 29.4 Å². The van der Waals surface area contributed by atoms with Crippen molar-refractivity contribution in [3.05, 3.63) is 189 Å². The maximum Gasteiger partial charge on any atom is 0.0992 e. The van der Waals surface area contributed by atoms with E-state index in [0.717, 1.165) is 57.0 Å². The summed E-state index contributed by atoms with van der Waals surface area (Å²) in [5.74, 6) is 0.696. The molecule has 0 heterocycles. The van der Waals surface area contributed by atoms with E-state index < -0.39 is 0 Å². The molecule has 0 radical (unpaired) electrons. The Morgan fingerprint density at radius 3 is 1.98 bits per heavy atom. The lowest BCUT2D eigenvalue weighted by atomic mass is 9.69. The van der Waals surface area contributed by atoms with Gasteiger partial charge in [-0.15, -0.1) is 0 Å². The monoisotopic (exact) mass is 724 g/mol. The van der Waals surface area contributed by atoms with Gasteiger partial charge in [0.05, 0.1) is 34.9 Å². The van der Waals surface area contributed by atoms with Crippen molar-refractivity contribution in [2.24, 2.45) is 17.8 Å². The van der Waals surface area contributed by atoms with Gasteiger partial charge in [0.15, 0.2) is 0 Å². The number of nitriles is 3. The van der Waals surface area contributed by atoms with E-state index >= 15 is 0 Å². The van der Waals surface area contributed by atoms with Crippen molar-refractivity contribution in [2.45, 2.75) is 18.8 Å². The number of hydrogen-bond acceptors (Lipinski definition) is 4. The summed E-state index contributed by atoms with van der Waals surface area (Å²) in [4.78, 5) is 0. The molecule has 4 unspecified atom stereocenters. The smallest absolute Gasteiger partial charge is 0.0992 e. The summed E-state index contributed by atoms with van der Waals surface area (Å²) in [6, 6.07) is 32.0. The fourth-order valence-electron chi connectivity index (χ4n) is 11.2. The molecule has 0 aromatic heterocycles. The molecule has 4 nitrogen and oxygen atoms in total. The topological polar surface area (TPSA) is 97.4 Å². The standard InChI is InChI=1S/C53H32N4/c54-25-28-15-29(26-55)17-33(16-28)48-46-24-43-42(40-13-5-11-38-36-9-3-1-7-31(36)21-44(43)50(38)40)23-45(46)49(34-18-30(27-56)19-35(57)20-34)53-47-22-32-8-2-4-10-37(32)39-12-6-14-41(51(39)47)52(48)53/h1,3-7,9-24,38-39,50-51H,2,8,57H2. The maximum absolute atomic E-state index is 10.3. The highest BCUT2D eigenvalue weighted by Crippen LogP contribution is 2.64. The number of nitrogens with two attached hydrogens (primary N) is 1. The normalized spacial score (nSPS) is 22.1. The Balaban J connectivity index is 1.28. The molecule has 0 amide bonds. The molecule has 4 heteroatoms. The fraction of sp³-hybridized carbons (Fsp3) is 0.113. The summed E-state index contributed by atoms with van der Waals surface area (Å²) >= 11 is 0. The van der Waals surface area contributed by atoms with Gasteiger partial charge in [-0.1, -0.05) is 85.0 Å². The van der Waals surface area contributed by atoms with Gasteiger partial charge in [-0.05, 0) is 161 Å². The van der Waals surface area contributed by atoms with Crippen LogP contribution in [0, 0.1) is 51.7 Å². The van der Waals surface area contributed by atoms with Crippen molar-refractivity contribution >= 4 is 44.8 Å². The lowest BCUT2D eigenvalue weighted by Gasteiger charge is -2.34. The van der Waals surface area contributed by atoms with Crippen molar-refractivity contribution in [2.75, 3.05) is 5.73 Å². The summed E-state index contributed by atoms with van der Waals surface area (Å²) in [5.41, 5.74) is 27.7. The Labute approximate surface area is 330 Å². The van der Waals surface area contributed by atoms with Crippen LogP contribution >= 0.6 is 0 Å². The number of anilines is 1. The van der Waals surface area contributed by atoms with Crippen LogP contribution in [0.1, 0.15) is 68.8 Å². The molecule has 0 bridgehead atoms. The zero-order valence-electron chi connectivity index (χ0n) is 30.8. The Morgan fingerprint density at radius 1 is 0.596 bits per heavy atom. The Hall–Kier alpha value is -7.45. The minimum atomic E-state index is 0.0904. The van der Waals surface area contributed by atoms with Crippen LogP contribution in [0.3, 0.4) is 0 Å². The second-order valence-corrected chi connectivity index (χ2v) is 16.2.